The Morgan fingerprint density at radius 1 is 1.00 bits per heavy atom. The molecule has 0 amide bonds. The molecule has 2 heterocycles. The van der Waals surface area contributed by atoms with Gasteiger partial charge in [-0.15, -0.1) is 0 Å². The molecule has 0 atom stereocenters. The molecule has 26 heavy (non-hydrogen) atoms. The number of fused-ring (bicyclic) bond motifs is 2. The summed E-state index contributed by atoms with van der Waals surface area (Å²) in [4.78, 5) is 28.4. The molecule has 0 saturated carbocycles. The van der Waals surface area contributed by atoms with E-state index in [1.165, 1.54) is 0 Å². The van der Waals surface area contributed by atoms with Gasteiger partial charge < -0.3 is 4.74 Å². The van der Waals surface area contributed by atoms with Gasteiger partial charge in [-0.2, -0.15) is 5.10 Å². The summed E-state index contributed by atoms with van der Waals surface area (Å²) in [6.07, 6.45) is 1.69. The van der Waals surface area contributed by atoms with Gasteiger partial charge in [-0.05, 0) is 12.1 Å². The van der Waals surface area contributed by atoms with Crippen molar-refractivity contribution >= 4 is 27.6 Å². The Labute approximate surface area is 148 Å². The first-order valence-electron chi connectivity index (χ1n) is 8.17. The number of hydrogen-bond acceptors (Lipinski definition) is 5. The van der Waals surface area contributed by atoms with Crippen LogP contribution in [0.1, 0.15) is 11.3 Å². The number of aromatic nitrogens is 3. The SMILES string of the molecule is O=C(Cc1n[nH]c(=O)c2ccccc12)OCc1cccc2cccnc12. The molecule has 0 bridgehead atoms. The van der Waals surface area contributed by atoms with Gasteiger partial charge in [0, 0.05) is 22.5 Å². The van der Waals surface area contributed by atoms with E-state index in [0.29, 0.717) is 16.5 Å². The maximum atomic E-state index is 12.3. The molecule has 0 saturated heterocycles. The Morgan fingerprint density at radius 2 is 1.81 bits per heavy atom. The molecular weight excluding hydrogens is 330 g/mol. The van der Waals surface area contributed by atoms with Gasteiger partial charge >= 0.3 is 5.97 Å². The number of pyridine rings is 1. The van der Waals surface area contributed by atoms with Crippen LogP contribution in [0.3, 0.4) is 0 Å². The van der Waals surface area contributed by atoms with Crippen LogP contribution in [0.15, 0.2) is 65.6 Å². The van der Waals surface area contributed by atoms with E-state index in [0.717, 1.165) is 16.5 Å². The number of esters is 1. The van der Waals surface area contributed by atoms with Crippen LogP contribution in [0.5, 0.6) is 0 Å². The number of nitrogens with zero attached hydrogens (tertiary/aromatic N) is 2. The number of rotatable bonds is 4. The number of para-hydroxylation sites is 1. The summed E-state index contributed by atoms with van der Waals surface area (Å²) in [5.74, 6) is -0.414. The van der Waals surface area contributed by atoms with Gasteiger partial charge in [0.25, 0.3) is 5.56 Å². The minimum Gasteiger partial charge on any atom is -0.460 e. The van der Waals surface area contributed by atoms with Crippen LogP contribution in [0, 0.1) is 0 Å². The fourth-order valence-corrected chi connectivity index (χ4v) is 2.94. The molecule has 4 aromatic rings. The zero-order chi connectivity index (χ0) is 17.9. The summed E-state index contributed by atoms with van der Waals surface area (Å²) < 4.78 is 5.41. The van der Waals surface area contributed by atoms with E-state index in [1.807, 2.05) is 30.3 Å². The zero-order valence-electron chi connectivity index (χ0n) is 13.8. The Kier molecular flexibility index (Phi) is 4.15. The number of carbonyl (C=O) groups excluding carboxylic acids is 1. The largest absolute Gasteiger partial charge is 0.460 e. The van der Waals surface area contributed by atoms with E-state index in [-0.39, 0.29) is 18.6 Å². The van der Waals surface area contributed by atoms with E-state index in [4.69, 9.17) is 4.74 Å². The van der Waals surface area contributed by atoms with Crippen molar-refractivity contribution in [2.24, 2.45) is 0 Å². The number of carbonyl (C=O) groups is 1. The lowest BCUT2D eigenvalue weighted by molar-refractivity contribution is -0.144. The van der Waals surface area contributed by atoms with Crippen LogP contribution in [0.25, 0.3) is 21.7 Å². The third-order valence-corrected chi connectivity index (χ3v) is 4.19. The molecule has 0 aliphatic carbocycles. The fraction of sp³-hybridized carbons (Fsp3) is 0.100. The summed E-state index contributed by atoms with van der Waals surface area (Å²) in [5, 5.41) is 8.57. The summed E-state index contributed by atoms with van der Waals surface area (Å²) in [7, 11) is 0. The van der Waals surface area contributed by atoms with Crippen molar-refractivity contribution in [2.45, 2.75) is 13.0 Å². The summed E-state index contributed by atoms with van der Waals surface area (Å²) in [6.45, 7) is 0.133. The Morgan fingerprint density at radius 3 is 2.69 bits per heavy atom. The molecule has 128 valence electrons. The van der Waals surface area contributed by atoms with Crippen molar-refractivity contribution < 1.29 is 9.53 Å². The van der Waals surface area contributed by atoms with Crippen LogP contribution >= 0.6 is 0 Å². The first kappa shape index (κ1) is 16.0. The second kappa shape index (κ2) is 6.76. The lowest BCUT2D eigenvalue weighted by Gasteiger charge is -2.08. The second-order valence-corrected chi connectivity index (χ2v) is 5.87. The number of hydrogen-bond donors (Lipinski definition) is 1. The summed E-state index contributed by atoms with van der Waals surface area (Å²) in [6, 6.07) is 16.6. The van der Waals surface area contributed by atoms with Crippen molar-refractivity contribution in [1.82, 2.24) is 15.2 Å². The molecule has 1 N–H and O–H groups in total. The van der Waals surface area contributed by atoms with Gasteiger partial charge in [-0.3, -0.25) is 14.6 Å². The number of nitrogens with one attached hydrogen (secondary N) is 1. The first-order valence-corrected chi connectivity index (χ1v) is 8.17. The van der Waals surface area contributed by atoms with Crippen LogP contribution in [-0.2, 0) is 22.6 Å². The van der Waals surface area contributed by atoms with Crippen molar-refractivity contribution in [3.63, 3.8) is 0 Å². The van der Waals surface area contributed by atoms with Crippen LogP contribution in [-0.4, -0.2) is 21.2 Å². The van der Waals surface area contributed by atoms with Crippen LogP contribution in [0.4, 0.5) is 0 Å². The number of ether oxygens (including phenoxy) is 1. The highest BCUT2D eigenvalue weighted by Crippen LogP contribution is 2.17. The van der Waals surface area contributed by atoms with Crippen molar-refractivity contribution in [2.75, 3.05) is 0 Å². The Balaban J connectivity index is 1.53. The van der Waals surface area contributed by atoms with Gasteiger partial charge in [0.15, 0.2) is 0 Å². The molecule has 0 fully saturated rings. The summed E-state index contributed by atoms with van der Waals surface area (Å²) >= 11 is 0. The predicted molar refractivity (Wildman–Crippen MR) is 97.6 cm³/mol. The van der Waals surface area contributed by atoms with Crippen molar-refractivity contribution in [3.8, 4) is 0 Å². The minimum absolute atomic E-state index is 0.0184. The number of benzene rings is 2. The average molecular weight is 345 g/mol. The normalized spacial score (nSPS) is 10.9. The maximum absolute atomic E-state index is 12.3. The lowest BCUT2D eigenvalue weighted by Crippen LogP contribution is -2.15. The predicted octanol–water partition coefficient (Wildman–Crippen LogP) is 2.76. The topological polar surface area (TPSA) is 84.9 Å². The third kappa shape index (κ3) is 3.04. The number of H-pyrrole nitrogens is 1. The van der Waals surface area contributed by atoms with Crippen LogP contribution < -0.4 is 5.56 Å². The monoisotopic (exact) mass is 345 g/mol. The van der Waals surface area contributed by atoms with E-state index in [2.05, 4.69) is 15.2 Å². The molecule has 0 aliphatic rings. The smallest absolute Gasteiger partial charge is 0.312 e. The van der Waals surface area contributed by atoms with Gasteiger partial charge in [0.1, 0.15) is 6.61 Å². The highest BCUT2D eigenvalue weighted by atomic mass is 16.5. The fourth-order valence-electron chi connectivity index (χ4n) is 2.94. The van der Waals surface area contributed by atoms with Crippen LogP contribution in [0.2, 0.25) is 0 Å². The quantitative estimate of drug-likeness (QED) is 0.575. The van der Waals surface area contributed by atoms with E-state index in [1.54, 1.807) is 30.5 Å². The van der Waals surface area contributed by atoms with E-state index in [9.17, 15) is 9.59 Å². The minimum atomic E-state index is -0.414. The molecule has 4 rings (SSSR count). The molecule has 6 nitrogen and oxygen atoms in total. The lowest BCUT2D eigenvalue weighted by atomic mass is 10.1. The molecule has 2 aromatic heterocycles. The first-order chi connectivity index (χ1) is 12.7. The van der Waals surface area contributed by atoms with E-state index < -0.39 is 5.97 Å². The average Bonchev–Trinajstić information content (AvgIpc) is 2.69. The van der Waals surface area contributed by atoms with Gasteiger partial charge in [0.05, 0.1) is 23.0 Å². The molecule has 2 aromatic carbocycles. The van der Waals surface area contributed by atoms with Gasteiger partial charge in [0.2, 0.25) is 0 Å². The van der Waals surface area contributed by atoms with Crippen molar-refractivity contribution in [1.29, 1.82) is 0 Å². The third-order valence-electron chi connectivity index (χ3n) is 4.19. The highest BCUT2D eigenvalue weighted by Gasteiger charge is 2.12. The zero-order valence-corrected chi connectivity index (χ0v) is 13.8. The Hall–Kier alpha value is -3.54. The second-order valence-electron chi connectivity index (χ2n) is 5.87. The highest BCUT2D eigenvalue weighted by molar-refractivity contribution is 5.87. The summed E-state index contributed by atoms with van der Waals surface area (Å²) in [5.41, 5.74) is 1.87. The molecule has 0 radical (unpaired) electrons. The standard InChI is InChI=1S/C20H15N3O3/c24-18(11-17-15-8-1-2-9-16(15)20(25)23-22-17)26-12-14-6-3-5-13-7-4-10-21-19(13)14/h1-10H,11-12H2,(H,23,25). The maximum Gasteiger partial charge on any atom is 0.312 e. The Bertz CT molecular complexity index is 1160. The van der Waals surface area contributed by atoms with Gasteiger partial charge in [-0.1, -0.05) is 42.5 Å². The molecular formula is C20H15N3O3. The molecule has 0 aliphatic heterocycles. The van der Waals surface area contributed by atoms with Crippen molar-refractivity contribution in [3.05, 3.63) is 82.4 Å². The molecule has 0 unspecified atom stereocenters. The molecule has 0 spiro atoms. The van der Waals surface area contributed by atoms with Gasteiger partial charge in [-0.25, -0.2) is 5.10 Å². The number of aromatic amines is 1. The molecule has 6 heteroatoms. The van der Waals surface area contributed by atoms with E-state index >= 15 is 0 Å².